The van der Waals surface area contributed by atoms with Crippen molar-refractivity contribution in [1.29, 1.82) is 0 Å². The molecule has 1 aromatic rings. The summed E-state index contributed by atoms with van der Waals surface area (Å²) in [4.78, 5) is 2.05. The van der Waals surface area contributed by atoms with E-state index in [1.54, 1.807) is 7.11 Å². The molecule has 4 nitrogen and oxygen atoms in total. The monoisotopic (exact) mass is 374 g/mol. The van der Waals surface area contributed by atoms with Gasteiger partial charge >= 0.3 is 0 Å². The quantitative estimate of drug-likeness (QED) is 0.784. The SMILES string of the molecule is COc1ccccc1CN1C(=S)NC2(CCCCC2)[C@@H]2CCCC[C@@]21O. The highest BCUT2D eigenvalue weighted by Gasteiger charge is 2.58. The predicted octanol–water partition coefficient (Wildman–Crippen LogP) is 3.97. The Hall–Kier alpha value is -1.33. The second-order valence-electron chi connectivity index (χ2n) is 8.22. The van der Waals surface area contributed by atoms with E-state index in [-0.39, 0.29) is 11.5 Å². The number of methoxy groups -OCH3 is 1. The Morgan fingerprint density at radius 2 is 1.88 bits per heavy atom. The van der Waals surface area contributed by atoms with Gasteiger partial charge in [0.25, 0.3) is 0 Å². The summed E-state index contributed by atoms with van der Waals surface area (Å²) in [7, 11) is 1.70. The lowest BCUT2D eigenvalue weighted by atomic mass is 9.62. The topological polar surface area (TPSA) is 44.7 Å². The molecule has 5 heteroatoms. The van der Waals surface area contributed by atoms with E-state index in [0.717, 1.165) is 43.4 Å². The molecule has 1 aromatic carbocycles. The molecule has 3 aliphatic rings. The van der Waals surface area contributed by atoms with E-state index in [9.17, 15) is 5.11 Å². The van der Waals surface area contributed by atoms with Crippen LogP contribution in [0.2, 0.25) is 0 Å². The molecular weight excluding hydrogens is 344 g/mol. The fraction of sp³-hybridized carbons (Fsp3) is 0.667. The minimum Gasteiger partial charge on any atom is -0.496 e. The van der Waals surface area contributed by atoms with Crippen LogP contribution in [-0.2, 0) is 6.54 Å². The lowest BCUT2D eigenvalue weighted by Crippen LogP contribution is -2.75. The third kappa shape index (κ3) is 2.89. The molecule has 2 aliphatic carbocycles. The molecule has 2 N–H and O–H groups in total. The molecule has 142 valence electrons. The highest BCUT2D eigenvalue weighted by atomic mass is 32.1. The van der Waals surface area contributed by atoms with Crippen LogP contribution in [0.4, 0.5) is 0 Å². The van der Waals surface area contributed by atoms with Crippen LogP contribution in [0.5, 0.6) is 5.75 Å². The average molecular weight is 375 g/mol. The number of hydrogen-bond donors (Lipinski definition) is 2. The van der Waals surface area contributed by atoms with Crippen molar-refractivity contribution < 1.29 is 9.84 Å². The molecular formula is C21H30N2O2S. The fourth-order valence-electron chi connectivity index (χ4n) is 5.59. The van der Waals surface area contributed by atoms with E-state index in [0.29, 0.717) is 11.7 Å². The van der Waals surface area contributed by atoms with Crippen LogP contribution in [0.1, 0.15) is 63.4 Å². The molecule has 0 amide bonds. The minimum atomic E-state index is -0.848. The van der Waals surface area contributed by atoms with Crippen LogP contribution < -0.4 is 10.1 Å². The second kappa shape index (κ2) is 7.01. The molecule has 0 radical (unpaired) electrons. The molecule has 1 aliphatic heterocycles. The predicted molar refractivity (Wildman–Crippen MR) is 107 cm³/mol. The molecule has 0 aromatic heterocycles. The summed E-state index contributed by atoms with van der Waals surface area (Å²) in [5, 5.41) is 16.3. The van der Waals surface area contributed by atoms with Gasteiger partial charge < -0.3 is 20.1 Å². The Kier molecular flexibility index (Phi) is 4.86. The van der Waals surface area contributed by atoms with Crippen LogP contribution in [0.15, 0.2) is 24.3 Å². The number of aliphatic hydroxyl groups is 1. The second-order valence-corrected chi connectivity index (χ2v) is 8.61. The van der Waals surface area contributed by atoms with Gasteiger partial charge in [0.05, 0.1) is 13.7 Å². The normalized spacial score (nSPS) is 30.6. The Bertz CT molecular complexity index is 674. The van der Waals surface area contributed by atoms with Crippen molar-refractivity contribution in [2.45, 2.75) is 75.6 Å². The summed E-state index contributed by atoms with van der Waals surface area (Å²) in [6, 6.07) is 8.03. The lowest BCUT2D eigenvalue weighted by molar-refractivity contribution is -0.184. The maximum Gasteiger partial charge on any atom is 0.171 e. The zero-order valence-corrected chi connectivity index (χ0v) is 16.5. The number of ether oxygens (including phenoxy) is 1. The molecule has 2 atom stereocenters. The number of para-hydroxylation sites is 1. The first-order chi connectivity index (χ1) is 12.6. The minimum absolute atomic E-state index is 0.0121. The van der Waals surface area contributed by atoms with E-state index in [2.05, 4.69) is 11.4 Å². The van der Waals surface area contributed by atoms with Crippen molar-refractivity contribution >= 4 is 17.3 Å². The lowest BCUT2D eigenvalue weighted by Gasteiger charge is -2.61. The summed E-state index contributed by atoms with van der Waals surface area (Å²) >= 11 is 5.81. The number of rotatable bonds is 3. The molecule has 1 heterocycles. The molecule has 26 heavy (non-hydrogen) atoms. The van der Waals surface area contributed by atoms with E-state index >= 15 is 0 Å². The molecule has 4 rings (SSSR count). The van der Waals surface area contributed by atoms with E-state index in [1.807, 2.05) is 23.1 Å². The number of nitrogens with zero attached hydrogens (tertiary/aromatic N) is 1. The van der Waals surface area contributed by atoms with E-state index in [1.165, 1.54) is 25.7 Å². The van der Waals surface area contributed by atoms with Gasteiger partial charge in [-0.25, -0.2) is 0 Å². The summed E-state index contributed by atoms with van der Waals surface area (Å²) < 4.78 is 5.53. The van der Waals surface area contributed by atoms with Crippen LogP contribution in [0.3, 0.4) is 0 Å². The first-order valence-electron chi connectivity index (χ1n) is 10.0. The third-order valence-corrected chi connectivity index (χ3v) is 7.17. The van der Waals surface area contributed by atoms with Gasteiger partial charge in [-0.05, 0) is 50.4 Å². The average Bonchev–Trinajstić information content (AvgIpc) is 2.66. The van der Waals surface area contributed by atoms with Crippen molar-refractivity contribution in [3.8, 4) is 5.75 Å². The van der Waals surface area contributed by atoms with Crippen LogP contribution in [0.25, 0.3) is 0 Å². The summed E-state index contributed by atoms with van der Waals surface area (Å²) in [6.07, 6.45) is 10.2. The van der Waals surface area contributed by atoms with Gasteiger partial charge in [0.15, 0.2) is 5.11 Å². The molecule has 1 spiro atoms. The van der Waals surface area contributed by atoms with Crippen molar-refractivity contribution in [2.75, 3.05) is 7.11 Å². The first kappa shape index (κ1) is 18.1. The summed E-state index contributed by atoms with van der Waals surface area (Å²) in [5.74, 6) is 1.09. The van der Waals surface area contributed by atoms with Gasteiger partial charge in [0.2, 0.25) is 0 Å². The van der Waals surface area contributed by atoms with Crippen molar-refractivity contribution in [3.63, 3.8) is 0 Å². The van der Waals surface area contributed by atoms with Crippen molar-refractivity contribution in [2.24, 2.45) is 5.92 Å². The highest BCUT2D eigenvalue weighted by Crippen LogP contribution is 2.51. The zero-order chi connectivity index (χ0) is 18.2. The van der Waals surface area contributed by atoms with Gasteiger partial charge in [-0.15, -0.1) is 0 Å². The van der Waals surface area contributed by atoms with Crippen molar-refractivity contribution in [1.82, 2.24) is 10.2 Å². The number of fused-ring (bicyclic) bond motifs is 2. The first-order valence-corrected chi connectivity index (χ1v) is 10.4. The molecule has 0 bridgehead atoms. The smallest absolute Gasteiger partial charge is 0.171 e. The molecule has 1 saturated heterocycles. The number of benzene rings is 1. The standard InChI is InChI=1S/C21H30N2O2S/c1-25-17-10-4-3-9-16(17)15-23-19(26)22-20(12-6-2-7-13-20)18-11-5-8-14-21(18,23)24/h3-4,9-10,18,24H,2,5-8,11-15H2,1H3,(H,22,26)/t18-,21+/m0/s1. The van der Waals surface area contributed by atoms with Gasteiger partial charge in [0.1, 0.15) is 11.5 Å². The van der Waals surface area contributed by atoms with Gasteiger partial charge in [-0.2, -0.15) is 0 Å². The Balaban J connectivity index is 1.68. The van der Waals surface area contributed by atoms with E-state index in [4.69, 9.17) is 17.0 Å². The Labute approximate surface area is 161 Å². The van der Waals surface area contributed by atoms with Crippen LogP contribution in [-0.4, -0.2) is 33.5 Å². The number of hydrogen-bond acceptors (Lipinski definition) is 3. The Morgan fingerprint density at radius 3 is 2.65 bits per heavy atom. The fourth-order valence-corrected chi connectivity index (χ4v) is 6.02. The number of nitrogens with one attached hydrogen (secondary N) is 1. The number of thiocarbonyl (C=S) groups is 1. The largest absolute Gasteiger partial charge is 0.496 e. The van der Waals surface area contributed by atoms with Gasteiger partial charge in [0, 0.05) is 17.0 Å². The third-order valence-electron chi connectivity index (χ3n) is 6.85. The molecule has 2 saturated carbocycles. The van der Waals surface area contributed by atoms with Gasteiger partial charge in [-0.1, -0.05) is 43.9 Å². The Morgan fingerprint density at radius 1 is 1.15 bits per heavy atom. The molecule has 0 unspecified atom stereocenters. The molecule has 3 fully saturated rings. The van der Waals surface area contributed by atoms with Gasteiger partial charge in [-0.3, -0.25) is 0 Å². The van der Waals surface area contributed by atoms with E-state index < -0.39 is 5.72 Å². The maximum atomic E-state index is 11.9. The zero-order valence-electron chi connectivity index (χ0n) is 15.7. The van der Waals surface area contributed by atoms with Crippen LogP contribution in [0, 0.1) is 5.92 Å². The maximum absolute atomic E-state index is 11.9. The van der Waals surface area contributed by atoms with Crippen LogP contribution >= 0.6 is 12.2 Å². The van der Waals surface area contributed by atoms with Crippen molar-refractivity contribution in [3.05, 3.63) is 29.8 Å². The summed E-state index contributed by atoms with van der Waals surface area (Å²) in [6.45, 7) is 0.582. The highest BCUT2D eigenvalue weighted by molar-refractivity contribution is 7.80. The summed E-state index contributed by atoms with van der Waals surface area (Å²) in [5.41, 5.74) is 0.206.